The van der Waals surface area contributed by atoms with Crippen molar-refractivity contribution in [2.24, 2.45) is 0 Å². The van der Waals surface area contributed by atoms with Crippen LogP contribution < -0.4 is 0 Å². The molecule has 2 nitrogen and oxygen atoms in total. The minimum Gasteiger partial charge on any atom is -0.224 e. The summed E-state index contributed by atoms with van der Waals surface area (Å²) >= 11 is 5.68. The van der Waals surface area contributed by atoms with Gasteiger partial charge in [-0.15, -0.1) is 0 Å². The lowest BCUT2D eigenvalue weighted by atomic mass is 10.1. The van der Waals surface area contributed by atoms with E-state index in [0.717, 1.165) is 11.6 Å². The van der Waals surface area contributed by atoms with Crippen molar-refractivity contribution in [1.29, 1.82) is 0 Å². The Kier molecular flexibility index (Phi) is 2.87. The first-order valence-corrected chi connectivity index (χ1v) is 7.15. The first-order valence-electron chi connectivity index (χ1n) is 4.88. The van der Waals surface area contributed by atoms with E-state index in [0.29, 0.717) is 10.9 Å². The lowest BCUT2D eigenvalue weighted by Gasteiger charge is -2.07. The number of rotatable bonds is 1. The van der Waals surface area contributed by atoms with E-state index in [2.05, 4.69) is 0 Å². The van der Waals surface area contributed by atoms with Crippen molar-refractivity contribution in [3.8, 4) is 0 Å². The summed E-state index contributed by atoms with van der Waals surface area (Å²) in [4.78, 5) is 0.215. The Morgan fingerprint density at radius 1 is 1.12 bits per heavy atom. The largest absolute Gasteiger partial charge is 0.224 e. The van der Waals surface area contributed by atoms with E-state index >= 15 is 0 Å². The highest BCUT2D eigenvalue weighted by Crippen LogP contribution is 2.27. The second-order valence-corrected chi connectivity index (χ2v) is 6.39. The third-order valence-corrected chi connectivity index (χ3v) is 4.10. The first-order chi connectivity index (χ1) is 7.79. The Labute approximate surface area is 104 Å². The van der Waals surface area contributed by atoms with E-state index in [-0.39, 0.29) is 9.92 Å². The predicted molar refractivity (Wildman–Crippen MR) is 66.8 cm³/mol. The van der Waals surface area contributed by atoms with Crippen LogP contribution in [0, 0.1) is 12.7 Å². The average molecular weight is 273 g/mol. The Hall–Kier alpha value is -1.13. The zero-order valence-electron chi connectivity index (χ0n) is 9.29. The van der Waals surface area contributed by atoms with Gasteiger partial charge in [-0.3, -0.25) is 0 Å². The first kappa shape index (κ1) is 12.3. The molecule has 0 saturated carbocycles. The lowest BCUT2D eigenvalue weighted by molar-refractivity contribution is 0.601. The van der Waals surface area contributed by atoms with Gasteiger partial charge in [-0.05, 0) is 41.5 Å². The molecule has 0 spiro atoms. The molecule has 0 unspecified atom stereocenters. The molecule has 2 aromatic rings. The van der Waals surface area contributed by atoms with Crippen molar-refractivity contribution in [2.75, 3.05) is 6.26 Å². The van der Waals surface area contributed by atoms with Crippen molar-refractivity contribution in [3.63, 3.8) is 0 Å². The van der Waals surface area contributed by atoms with Crippen LogP contribution in [0.5, 0.6) is 0 Å². The molecule has 0 fully saturated rings. The molecule has 90 valence electrons. The minimum absolute atomic E-state index is 0.0315. The number of halogens is 2. The normalized spacial score (nSPS) is 12.0. The number of sulfone groups is 1. The van der Waals surface area contributed by atoms with Gasteiger partial charge in [-0.25, -0.2) is 12.8 Å². The molecule has 0 radical (unpaired) electrons. The summed E-state index contributed by atoms with van der Waals surface area (Å²) < 4.78 is 36.4. The van der Waals surface area contributed by atoms with Gasteiger partial charge in [0.1, 0.15) is 5.82 Å². The van der Waals surface area contributed by atoms with Crippen molar-refractivity contribution < 1.29 is 12.8 Å². The zero-order chi connectivity index (χ0) is 12.8. The highest BCUT2D eigenvalue weighted by atomic mass is 35.5. The van der Waals surface area contributed by atoms with Crippen LogP contribution in [0.15, 0.2) is 29.2 Å². The maximum absolute atomic E-state index is 13.3. The fraction of sp³-hybridized carbons (Fsp3) is 0.167. The highest BCUT2D eigenvalue weighted by Gasteiger charge is 2.13. The second-order valence-electron chi connectivity index (χ2n) is 4.00. The molecule has 5 heteroatoms. The Balaban J connectivity index is 2.86. The maximum Gasteiger partial charge on any atom is 0.175 e. The van der Waals surface area contributed by atoms with Crippen molar-refractivity contribution in [3.05, 3.63) is 40.7 Å². The molecule has 2 rings (SSSR count). The standard InChI is InChI=1S/C12H10ClFO2S/c1-7-3-8-4-10(13)11(14)5-9(8)6-12(7)17(2,15)16/h3-6H,1-2H3. The van der Waals surface area contributed by atoms with E-state index in [1.54, 1.807) is 13.0 Å². The van der Waals surface area contributed by atoms with Gasteiger partial charge in [0.25, 0.3) is 0 Å². The zero-order valence-corrected chi connectivity index (χ0v) is 10.9. The monoisotopic (exact) mass is 272 g/mol. The second kappa shape index (κ2) is 3.96. The topological polar surface area (TPSA) is 34.1 Å². The van der Waals surface area contributed by atoms with Crippen LogP contribution in [0.3, 0.4) is 0 Å². The molecular formula is C12H10ClFO2S. The highest BCUT2D eigenvalue weighted by molar-refractivity contribution is 7.90. The SMILES string of the molecule is Cc1cc2cc(Cl)c(F)cc2cc1S(C)(=O)=O. The van der Waals surface area contributed by atoms with Gasteiger partial charge in [0, 0.05) is 6.26 Å². The molecule has 0 bridgehead atoms. The summed E-state index contributed by atoms with van der Waals surface area (Å²) in [5.74, 6) is -0.553. The molecule has 0 aliphatic carbocycles. The molecule has 0 aromatic heterocycles. The molecular weight excluding hydrogens is 263 g/mol. The Morgan fingerprint density at radius 3 is 2.29 bits per heavy atom. The molecule has 0 atom stereocenters. The van der Waals surface area contributed by atoms with Gasteiger partial charge in [0.15, 0.2) is 9.84 Å². The molecule has 17 heavy (non-hydrogen) atoms. The van der Waals surface area contributed by atoms with E-state index in [1.165, 1.54) is 18.2 Å². The van der Waals surface area contributed by atoms with E-state index in [1.807, 2.05) is 0 Å². The van der Waals surface area contributed by atoms with Crippen molar-refractivity contribution in [1.82, 2.24) is 0 Å². The van der Waals surface area contributed by atoms with Gasteiger partial charge in [-0.2, -0.15) is 0 Å². The van der Waals surface area contributed by atoms with Crippen LogP contribution in [0.1, 0.15) is 5.56 Å². The number of fused-ring (bicyclic) bond motifs is 1. The average Bonchev–Trinajstić information content (AvgIpc) is 2.18. The van der Waals surface area contributed by atoms with Gasteiger partial charge in [0.2, 0.25) is 0 Å². The van der Waals surface area contributed by atoms with Gasteiger partial charge in [-0.1, -0.05) is 17.7 Å². The van der Waals surface area contributed by atoms with Crippen LogP contribution in [-0.4, -0.2) is 14.7 Å². The predicted octanol–water partition coefficient (Wildman–Crippen LogP) is 3.34. The molecule has 0 N–H and O–H groups in total. The lowest BCUT2D eigenvalue weighted by Crippen LogP contribution is -2.00. The smallest absolute Gasteiger partial charge is 0.175 e. The van der Waals surface area contributed by atoms with E-state index < -0.39 is 15.7 Å². The minimum atomic E-state index is -3.30. The summed E-state index contributed by atoms with van der Waals surface area (Å²) in [6.07, 6.45) is 1.13. The van der Waals surface area contributed by atoms with E-state index in [9.17, 15) is 12.8 Å². The number of hydrogen-bond acceptors (Lipinski definition) is 2. The molecule has 0 amide bonds. The maximum atomic E-state index is 13.3. The fourth-order valence-electron chi connectivity index (χ4n) is 1.79. The summed E-state index contributed by atoms with van der Waals surface area (Å²) in [7, 11) is -3.30. The molecule has 0 aliphatic heterocycles. The fourth-order valence-corrected chi connectivity index (χ4v) is 2.94. The summed E-state index contributed by atoms with van der Waals surface area (Å²) in [5, 5.41) is 1.28. The summed E-state index contributed by atoms with van der Waals surface area (Å²) in [5.41, 5.74) is 0.627. The van der Waals surface area contributed by atoms with Crippen LogP contribution >= 0.6 is 11.6 Å². The van der Waals surface area contributed by atoms with E-state index in [4.69, 9.17) is 11.6 Å². The quantitative estimate of drug-likeness (QED) is 0.798. The van der Waals surface area contributed by atoms with Crippen LogP contribution in [0.25, 0.3) is 10.8 Å². The number of aryl methyl sites for hydroxylation is 1. The van der Waals surface area contributed by atoms with Gasteiger partial charge >= 0.3 is 0 Å². The van der Waals surface area contributed by atoms with Crippen molar-refractivity contribution in [2.45, 2.75) is 11.8 Å². The number of benzene rings is 2. The molecule has 0 saturated heterocycles. The Morgan fingerprint density at radius 2 is 1.71 bits per heavy atom. The van der Waals surface area contributed by atoms with Crippen LogP contribution in [0.2, 0.25) is 5.02 Å². The third-order valence-electron chi connectivity index (χ3n) is 2.57. The molecule has 0 aliphatic rings. The van der Waals surface area contributed by atoms with Crippen LogP contribution in [0.4, 0.5) is 4.39 Å². The molecule has 0 heterocycles. The van der Waals surface area contributed by atoms with Crippen LogP contribution in [-0.2, 0) is 9.84 Å². The Bertz CT molecular complexity index is 708. The van der Waals surface area contributed by atoms with Gasteiger partial charge in [0.05, 0.1) is 9.92 Å². The van der Waals surface area contributed by atoms with Crippen molar-refractivity contribution >= 4 is 32.2 Å². The summed E-state index contributed by atoms with van der Waals surface area (Å²) in [6.45, 7) is 1.70. The third kappa shape index (κ3) is 2.28. The van der Waals surface area contributed by atoms with Gasteiger partial charge < -0.3 is 0 Å². The summed E-state index contributed by atoms with van der Waals surface area (Å²) in [6, 6.07) is 5.90. The number of hydrogen-bond donors (Lipinski definition) is 0. The molecule has 2 aromatic carbocycles.